The van der Waals surface area contributed by atoms with Gasteiger partial charge in [0.2, 0.25) is 11.8 Å². The summed E-state index contributed by atoms with van der Waals surface area (Å²) in [6, 6.07) is 21.6. The fourth-order valence-corrected chi connectivity index (χ4v) is 6.84. The number of hydrogen-bond donors (Lipinski definition) is 2. The highest BCUT2D eigenvalue weighted by atomic mass is 19.1. The van der Waals surface area contributed by atoms with E-state index < -0.39 is 5.41 Å². The predicted octanol–water partition coefficient (Wildman–Crippen LogP) is 4.83. The molecule has 0 saturated carbocycles. The van der Waals surface area contributed by atoms with Gasteiger partial charge in [-0.15, -0.1) is 0 Å². The molecular weight excluding hydrogens is 637 g/mol. The van der Waals surface area contributed by atoms with Gasteiger partial charge in [-0.1, -0.05) is 5.16 Å². The number of oxime groups is 1. The molecule has 0 spiro atoms. The SMILES string of the molecule is CO/N=C(/C)C1(C(=O)Nc2ccc3[nH]nc(-c4ccc(F)cc4)c3c2)CCN(CC(=O)N2CCN(c3ccc(-c4ncccn4)cc3)CC2)C1. The van der Waals surface area contributed by atoms with Crippen LogP contribution in [-0.4, -0.2) is 100 Å². The first-order chi connectivity index (χ1) is 24.3. The van der Waals surface area contributed by atoms with Crippen LogP contribution in [0.2, 0.25) is 0 Å². The van der Waals surface area contributed by atoms with Crippen LogP contribution < -0.4 is 10.2 Å². The van der Waals surface area contributed by atoms with Crippen molar-refractivity contribution >= 4 is 39.8 Å². The third-order valence-electron chi connectivity index (χ3n) is 9.69. The summed E-state index contributed by atoms with van der Waals surface area (Å²) in [5.41, 5.74) is 4.40. The number of aromatic nitrogens is 4. The number of amides is 2. The van der Waals surface area contributed by atoms with Crippen molar-refractivity contribution in [2.75, 3.05) is 63.1 Å². The molecule has 12 nitrogen and oxygen atoms in total. The summed E-state index contributed by atoms with van der Waals surface area (Å²) in [6.07, 6.45) is 3.94. The summed E-state index contributed by atoms with van der Waals surface area (Å²) in [5, 5.41) is 15.5. The second-order valence-corrected chi connectivity index (χ2v) is 12.7. The van der Waals surface area contributed by atoms with Gasteiger partial charge >= 0.3 is 0 Å². The molecule has 2 saturated heterocycles. The van der Waals surface area contributed by atoms with Gasteiger partial charge in [0.25, 0.3) is 0 Å². The maximum Gasteiger partial charge on any atom is 0.237 e. The molecule has 4 heterocycles. The number of hydrogen-bond acceptors (Lipinski definition) is 9. The number of halogens is 1. The molecule has 2 aliphatic rings. The average molecular weight is 676 g/mol. The zero-order valence-electron chi connectivity index (χ0n) is 28.0. The number of nitrogens with one attached hydrogen (secondary N) is 2. The maximum atomic E-state index is 14.1. The van der Waals surface area contributed by atoms with Gasteiger partial charge in [0.15, 0.2) is 5.82 Å². The molecule has 0 aliphatic carbocycles. The van der Waals surface area contributed by atoms with Crippen LogP contribution in [-0.2, 0) is 14.4 Å². The van der Waals surface area contributed by atoms with Crippen molar-refractivity contribution in [2.24, 2.45) is 10.6 Å². The molecule has 0 radical (unpaired) electrons. The minimum atomic E-state index is -0.989. The standard InChI is InChI=1S/C37H38FN9O3/c1-25(44-50-2)37(36(49)41-29-10-13-32-31(22-29)34(43-42-32)26-4-8-28(38)9-5-26)14-17-45(24-37)23-33(48)47-20-18-46(19-21-47)30-11-6-27(7-12-30)35-39-15-3-16-40-35/h3-13,15-16,22H,14,17-21,23-24H2,1-2H3,(H,41,49)(H,42,43)/b44-25-. The Bertz CT molecular complexity index is 2010. The zero-order chi connectivity index (χ0) is 34.7. The molecule has 256 valence electrons. The van der Waals surface area contributed by atoms with E-state index >= 15 is 0 Å². The zero-order valence-corrected chi connectivity index (χ0v) is 28.0. The average Bonchev–Trinajstić information content (AvgIpc) is 3.78. The van der Waals surface area contributed by atoms with E-state index in [2.05, 4.69) is 47.7 Å². The van der Waals surface area contributed by atoms with Gasteiger partial charge in [-0.05, 0) is 86.1 Å². The molecule has 13 heteroatoms. The first-order valence-electron chi connectivity index (χ1n) is 16.6. The quantitative estimate of drug-likeness (QED) is 0.168. The number of H-pyrrole nitrogens is 1. The number of nitrogens with zero attached hydrogens (tertiary/aromatic N) is 7. The number of anilines is 2. The highest BCUT2D eigenvalue weighted by molar-refractivity contribution is 6.13. The van der Waals surface area contributed by atoms with Crippen molar-refractivity contribution in [3.05, 3.63) is 91.0 Å². The molecule has 1 atom stereocenters. The summed E-state index contributed by atoms with van der Waals surface area (Å²) in [6.45, 7) is 5.57. The molecule has 2 aliphatic heterocycles. The van der Waals surface area contributed by atoms with Gasteiger partial charge in [-0.3, -0.25) is 19.6 Å². The minimum Gasteiger partial charge on any atom is -0.399 e. The first-order valence-corrected chi connectivity index (χ1v) is 16.6. The van der Waals surface area contributed by atoms with Gasteiger partial charge in [0.05, 0.1) is 23.5 Å². The Hall–Kier alpha value is -5.69. The molecule has 2 amide bonds. The molecule has 7 rings (SSSR count). The smallest absolute Gasteiger partial charge is 0.237 e. The molecule has 5 aromatic rings. The molecule has 50 heavy (non-hydrogen) atoms. The summed E-state index contributed by atoms with van der Waals surface area (Å²) in [7, 11) is 1.46. The van der Waals surface area contributed by atoms with Crippen LogP contribution >= 0.6 is 0 Å². The largest absolute Gasteiger partial charge is 0.399 e. The van der Waals surface area contributed by atoms with Crippen molar-refractivity contribution < 1.29 is 18.8 Å². The molecular formula is C37H38FN9O3. The summed E-state index contributed by atoms with van der Waals surface area (Å²) < 4.78 is 13.5. The van der Waals surface area contributed by atoms with Crippen LogP contribution in [0.4, 0.5) is 15.8 Å². The Morgan fingerprint density at radius 1 is 0.960 bits per heavy atom. The van der Waals surface area contributed by atoms with E-state index in [1.165, 1.54) is 19.2 Å². The van der Waals surface area contributed by atoms with Crippen LogP contribution in [0, 0.1) is 11.2 Å². The lowest BCUT2D eigenvalue weighted by atomic mass is 9.81. The molecule has 2 fully saturated rings. The molecule has 0 bridgehead atoms. The van der Waals surface area contributed by atoms with E-state index in [1.54, 1.807) is 37.5 Å². The molecule has 2 N–H and O–H groups in total. The number of rotatable bonds is 9. The van der Waals surface area contributed by atoms with Crippen LogP contribution in [0.25, 0.3) is 33.5 Å². The first kappa shape index (κ1) is 32.8. The fourth-order valence-electron chi connectivity index (χ4n) is 6.84. The lowest BCUT2D eigenvalue weighted by Crippen LogP contribution is -2.51. The second-order valence-electron chi connectivity index (χ2n) is 12.7. The Balaban J connectivity index is 0.989. The number of piperazine rings is 1. The van der Waals surface area contributed by atoms with E-state index in [-0.39, 0.29) is 24.2 Å². The Morgan fingerprint density at radius 3 is 2.40 bits per heavy atom. The van der Waals surface area contributed by atoms with E-state index in [4.69, 9.17) is 4.84 Å². The molecule has 1 unspecified atom stereocenters. The topological polar surface area (TPSA) is 132 Å². The van der Waals surface area contributed by atoms with Crippen LogP contribution in [0.15, 0.2) is 90.3 Å². The highest BCUT2D eigenvalue weighted by Gasteiger charge is 2.48. The van der Waals surface area contributed by atoms with Crippen LogP contribution in [0.3, 0.4) is 0 Å². The van der Waals surface area contributed by atoms with Gasteiger partial charge < -0.3 is 20.0 Å². The fraction of sp³-hybridized carbons (Fsp3) is 0.297. The van der Waals surface area contributed by atoms with E-state index in [0.29, 0.717) is 55.5 Å². The van der Waals surface area contributed by atoms with Crippen molar-refractivity contribution in [3.8, 4) is 22.6 Å². The Morgan fingerprint density at radius 2 is 1.68 bits per heavy atom. The molecule has 3 aromatic carbocycles. The van der Waals surface area contributed by atoms with Gasteiger partial charge in [0, 0.05) is 79.6 Å². The van der Waals surface area contributed by atoms with Gasteiger partial charge in [-0.2, -0.15) is 5.10 Å². The monoisotopic (exact) mass is 675 g/mol. The van der Waals surface area contributed by atoms with Crippen molar-refractivity contribution in [2.45, 2.75) is 13.3 Å². The second kappa shape index (κ2) is 14.0. The Kier molecular flexibility index (Phi) is 9.22. The Labute approximate surface area is 288 Å². The number of fused-ring (bicyclic) bond motifs is 1. The summed E-state index contributed by atoms with van der Waals surface area (Å²) in [4.78, 5) is 47.5. The maximum absolute atomic E-state index is 14.1. The minimum absolute atomic E-state index is 0.0393. The summed E-state index contributed by atoms with van der Waals surface area (Å²) >= 11 is 0. The van der Waals surface area contributed by atoms with Crippen LogP contribution in [0.1, 0.15) is 13.3 Å². The third kappa shape index (κ3) is 6.64. The summed E-state index contributed by atoms with van der Waals surface area (Å²) in [5.74, 6) is 0.176. The lowest BCUT2D eigenvalue weighted by molar-refractivity contribution is -0.133. The van der Waals surface area contributed by atoms with E-state index in [0.717, 1.165) is 40.8 Å². The van der Waals surface area contributed by atoms with Crippen LogP contribution in [0.5, 0.6) is 0 Å². The lowest BCUT2D eigenvalue weighted by Gasteiger charge is -2.37. The van der Waals surface area contributed by atoms with Crippen molar-refractivity contribution in [1.29, 1.82) is 0 Å². The normalized spacial score (nSPS) is 18.4. The number of carbonyl (C=O) groups is 2. The number of likely N-dealkylation sites (tertiary alicyclic amines) is 1. The highest BCUT2D eigenvalue weighted by Crippen LogP contribution is 2.35. The van der Waals surface area contributed by atoms with Crippen molar-refractivity contribution in [1.82, 2.24) is 30.0 Å². The molecule has 2 aromatic heterocycles. The van der Waals surface area contributed by atoms with Gasteiger partial charge in [0.1, 0.15) is 18.3 Å². The van der Waals surface area contributed by atoms with E-state index in [9.17, 15) is 14.0 Å². The van der Waals surface area contributed by atoms with Gasteiger partial charge in [-0.25, -0.2) is 14.4 Å². The third-order valence-corrected chi connectivity index (χ3v) is 9.69. The number of benzene rings is 3. The number of aromatic amines is 1. The predicted molar refractivity (Wildman–Crippen MR) is 190 cm³/mol. The van der Waals surface area contributed by atoms with Crippen molar-refractivity contribution in [3.63, 3.8) is 0 Å². The van der Waals surface area contributed by atoms with E-state index in [1.807, 2.05) is 40.1 Å². The number of carbonyl (C=O) groups excluding carboxylic acids is 2.